The number of hydrogen-bond donors (Lipinski definition) is 1. The van der Waals surface area contributed by atoms with Crippen LogP contribution in [0.25, 0.3) is 0 Å². The zero-order chi connectivity index (χ0) is 13.7. The molecule has 4 bridgehead atoms. The minimum atomic E-state index is -0.192. The molecule has 0 saturated heterocycles. The SMILES string of the molecule is O=C(CCl)Nc1ccn(C23CC4CC(CC(C4)C2)C3)n1. The van der Waals surface area contributed by atoms with Crippen molar-refractivity contribution in [3.05, 3.63) is 12.3 Å². The summed E-state index contributed by atoms with van der Waals surface area (Å²) in [5.41, 5.74) is 0.221. The fourth-order valence-corrected chi connectivity index (χ4v) is 5.24. The van der Waals surface area contributed by atoms with Gasteiger partial charge in [0.15, 0.2) is 5.82 Å². The fraction of sp³-hybridized carbons (Fsp3) is 0.733. The highest BCUT2D eigenvalue weighted by atomic mass is 35.5. The van der Waals surface area contributed by atoms with Crippen LogP contribution in [0.5, 0.6) is 0 Å². The maximum absolute atomic E-state index is 11.3. The van der Waals surface area contributed by atoms with E-state index < -0.39 is 0 Å². The molecule has 0 aromatic carbocycles. The van der Waals surface area contributed by atoms with Crippen molar-refractivity contribution in [2.24, 2.45) is 17.8 Å². The fourth-order valence-electron chi connectivity index (χ4n) is 5.18. The van der Waals surface area contributed by atoms with Crippen molar-refractivity contribution in [1.82, 2.24) is 9.78 Å². The molecule has 4 nitrogen and oxygen atoms in total. The van der Waals surface area contributed by atoms with Gasteiger partial charge in [-0.15, -0.1) is 11.6 Å². The van der Waals surface area contributed by atoms with Crippen LogP contribution in [0.4, 0.5) is 5.82 Å². The molecule has 4 aliphatic rings. The van der Waals surface area contributed by atoms with Gasteiger partial charge in [-0.2, -0.15) is 5.10 Å². The lowest BCUT2D eigenvalue weighted by atomic mass is 9.53. The number of amides is 1. The van der Waals surface area contributed by atoms with E-state index in [2.05, 4.69) is 15.1 Å². The molecule has 0 aliphatic heterocycles. The van der Waals surface area contributed by atoms with Crippen LogP contribution in [0.3, 0.4) is 0 Å². The molecular formula is C15H20ClN3O. The van der Waals surface area contributed by atoms with Gasteiger partial charge in [-0.3, -0.25) is 9.48 Å². The summed E-state index contributed by atoms with van der Waals surface area (Å²) in [6.45, 7) is 0. The molecule has 108 valence electrons. The van der Waals surface area contributed by atoms with E-state index >= 15 is 0 Å². The lowest BCUT2D eigenvalue weighted by Gasteiger charge is -2.56. The molecular weight excluding hydrogens is 274 g/mol. The third-order valence-electron chi connectivity index (χ3n) is 5.47. The first-order valence-electron chi connectivity index (χ1n) is 7.59. The molecule has 20 heavy (non-hydrogen) atoms. The Morgan fingerprint density at radius 1 is 1.30 bits per heavy atom. The average Bonchev–Trinajstić information content (AvgIpc) is 2.86. The van der Waals surface area contributed by atoms with E-state index in [1.807, 2.05) is 12.3 Å². The molecule has 5 rings (SSSR count). The van der Waals surface area contributed by atoms with Crippen molar-refractivity contribution < 1.29 is 4.79 Å². The first-order chi connectivity index (χ1) is 9.67. The number of nitrogens with zero attached hydrogens (tertiary/aromatic N) is 2. The summed E-state index contributed by atoms with van der Waals surface area (Å²) in [5.74, 6) is 3.10. The van der Waals surface area contributed by atoms with E-state index in [1.165, 1.54) is 38.5 Å². The van der Waals surface area contributed by atoms with Gasteiger partial charge in [-0.1, -0.05) is 0 Å². The Morgan fingerprint density at radius 3 is 2.45 bits per heavy atom. The number of anilines is 1. The number of hydrogen-bond acceptors (Lipinski definition) is 2. The molecule has 0 radical (unpaired) electrons. The van der Waals surface area contributed by atoms with Crippen LogP contribution < -0.4 is 5.32 Å². The zero-order valence-electron chi connectivity index (χ0n) is 11.5. The number of alkyl halides is 1. The monoisotopic (exact) mass is 293 g/mol. The standard InChI is InChI=1S/C15H20ClN3O/c16-9-14(20)17-13-1-2-19(18-13)15-6-10-3-11(7-15)5-12(4-10)8-15/h1-2,10-12H,3-9H2,(H,17,18,20). The van der Waals surface area contributed by atoms with Crippen LogP contribution in [-0.2, 0) is 10.3 Å². The second-order valence-corrected chi connectivity index (χ2v) is 7.24. The summed E-state index contributed by atoms with van der Waals surface area (Å²) in [4.78, 5) is 11.3. The van der Waals surface area contributed by atoms with Crippen LogP contribution in [0, 0.1) is 17.8 Å². The second-order valence-electron chi connectivity index (χ2n) is 6.97. The van der Waals surface area contributed by atoms with Crippen molar-refractivity contribution in [2.45, 2.75) is 44.1 Å². The molecule has 0 atom stereocenters. The predicted octanol–water partition coefficient (Wildman–Crippen LogP) is 2.99. The number of carbonyl (C=O) groups excluding carboxylic acids is 1. The molecule has 1 aromatic rings. The molecule has 4 aliphatic carbocycles. The van der Waals surface area contributed by atoms with Crippen molar-refractivity contribution in [3.63, 3.8) is 0 Å². The molecule has 1 heterocycles. The molecule has 4 fully saturated rings. The Balaban J connectivity index is 1.59. The number of carbonyl (C=O) groups is 1. The molecule has 1 aromatic heterocycles. The van der Waals surface area contributed by atoms with E-state index in [0.717, 1.165) is 17.8 Å². The minimum Gasteiger partial charge on any atom is -0.308 e. The van der Waals surface area contributed by atoms with E-state index in [4.69, 9.17) is 11.6 Å². The third kappa shape index (κ3) is 1.96. The van der Waals surface area contributed by atoms with Crippen molar-refractivity contribution in [1.29, 1.82) is 0 Å². The van der Waals surface area contributed by atoms with Gasteiger partial charge in [0.05, 0.1) is 5.54 Å². The van der Waals surface area contributed by atoms with Gasteiger partial charge in [0.25, 0.3) is 0 Å². The first kappa shape index (κ1) is 12.7. The normalized spacial score (nSPS) is 38.1. The summed E-state index contributed by atoms with van der Waals surface area (Å²) in [6, 6.07) is 1.89. The highest BCUT2D eigenvalue weighted by Crippen LogP contribution is 2.58. The summed E-state index contributed by atoms with van der Waals surface area (Å²) in [5, 5.41) is 7.36. The van der Waals surface area contributed by atoms with Gasteiger partial charge in [-0.05, 0) is 56.3 Å². The molecule has 1 N–H and O–H groups in total. The number of halogens is 1. The highest BCUT2D eigenvalue weighted by molar-refractivity contribution is 6.28. The van der Waals surface area contributed by atoms with E-state index in [9.17, 15) is 4.79 Å². The Morgan fingerprint density at radius 2 is 1.90 bits per heavy atom. The van der Waals surface area contributed by atoms with Crippen molar-refractivity contribution in [3.8, 4) is 0 Å². The van der Waals surface area contributed by atoms with Crippen molar-refractivity contribution >= 4 is 23.3 Å². The summed E-state index contributed by atoms with van der Waals surface area (Å²) >= 11 is 5.52. The average molecular weight is 294 g/mol. The van der Waals surface area contributed by atoms with Gasteiger partial charge in [0.1, 0.15) is 5.88 Å². The Labute approximate surface area is 123 Å². The molecule has 5 heteroatoms. The Bertz CT molecular complexity index is 504. The number of aromatic nitrogens is 2. The number of rotatable bonds is 3. The summed E-state index contributed by atoms with van der Waals surface area (Å²) in [7, 11) is 0. The van der Waals surface area contributed by atoms with Crippen LogP contribution >= 0.6 is 11.6 Å². The summed E-state index contributed by atoms with van der Waals surface area (Å²) < 4.78 is 2.14. The number of nitrogens with one attached hydrogen (secondary N) is 1. The maximum Gasteiger partial charge on any atom is 0.240 e. The third-order valence-corrected chi connectivity index (χ3v) is 5.71. The topological polar surface area (TPSA) is 46.9 Å². The molecule has 0 unspecified atom stereocenters. The zero-order valence-corrected chi connectivity index (χ0v) is 12.3. The van der Waals surface area contributed by atoms with E-state index in [1.54, 1.807) is 0 Å². The first-order valence-corrected chi connectivity index (χ1v) is 8.12. The highest BCUT2D eigenvalue weighted by Gasteiger charge is 2.52. The van der Waals surface area contributed by atoms with E-state index in [0.29, 0.717) is 5.82 Å². The van der Waals surface area contributed by atoms with Crippen molar-refractivity contribution in [2.75, 3.05) is 11.2 Å². The maximum atomic E-state index is 11.3. The molecule has 4 saturated carbocycles. The van der Waals surface area contributed by atoms with Crippen LogP contribution in [-0.4, -0.2) is 21.6 Å². The van der Waals surface area contributed by atoms with Gasteiger partial charge in [-0.25, -0.2) is 0 Å². The smallest absolute Gasteiger partial charge is 0.240 e. The lowest BCUT2D eigenvalue weighted by molar-refractivity contribution is -0.114. The van der Waals surface area contributed by atoms with Gasteiger partial charge < -0.3 is 5.32 Å². The minimum absolute atomic E-state index is 0.0236. The van der Waals surface area contributed by atoms with Gasteiger partial charge >= 0.3 is 0 Å². The van der Waals surface area contributed by atoms with Crippen LogP contribution in [0.2, 0.25) is 0 Å². The largest absolute Gasteiger partial charge is 0.308 e. The van der Waals surface area contributed by atoms with Crippen LogP contribution in [0.1, 0.15) is 38.5 Å². The van der Waals surface area contributed by atoms with Gasteiger partial charge in [0.2, 0.25) is 5.91 Å². The molecule has 1 amide bonds. The van der Waals surface area contributed by atoms with Crippen LogP contribution in [0.15, 0.2) is 12.3 Å². The quantitative estimate of drug-likeness (QED) is 0.871. The van der Waals surface area contributed by atoms with E-state index in [-0.39, 0.29) is 17.3 Å². The summed E-state index contributed by atoms with van der Waals surface area (Å²) in [6.07, 6.45) is 10.1. The molecule has 0 spiro atoms. The lowest BCUT2D eigenvalue weighted by Crippen LogP contribution is -2.52. The Kier molecular flexibility index (Phi) is 2.85. The Hall–Kier alpha value is -1.03. The second kappa shape index (κ2) is 4.48. The van der Waals surface area contributed by atoms with Gasteiger partial charge in [0, 0.05) is 12.3 Å². The predicted molar refractivity (Wildman–Crippen MR) is 77.7 cm³/mol.